The van der Waals surface area contributed by atoms with Gasteiger partial charge in [0.15, 0.2) is 0 Å². The number of hydrogen-bond donors (Lipinski definition) is 1. The minimum atomic E-state index is -0.707. The molecule has 0 fully saturated rings. The highest BCUT2D eigenvalue weighted by atomic mass is 16.6. The van der Waals surface area contributed by atoms with Gasteiger partial charge in [-0.2, -0.15) is 0 Å². The first-order valence-electron chi connectivity index (χ1n) is 7.20. The number of esters is 1. The summed E-state index contributed by atoms with van der Waals surface area (Å²) in [4.78, 5) is 32.4. The number of ether oxygens (including phenoxy) is 1. The van der Waals surface area contributed by atoms with Gasteiger partial charge in [0, 0.05) is 25.1 Å². The van der Waals surface area contributed by atoms with Crippen LogP contribution in [0.25, 0.3) is 0 Å². The van der Waals surface area contributed by atoms with Crippen molar-refractivity contribution in [3.8, 4) is 5.75 Å². The standard InChI is InChI=1S/C11H12N2O5.2C2H6/c1-3-12-11(15)8-4-5-10(18-7(2)14)9(6-8)13(16)17;2*1-2/h4-6H,3H2,1-2H3,(H,12,15);2*1-2H3. The first-order valence-corrected chi connectivity index (χ1v) is 7.20. The fourth-order valence-electron chi connectivity index (χ4n) is 1.31. The molecular formula is C15H24N2O5. The van der Waals surface area contributed by atoms with Crippen LogP contribution in [0.2, 0.25) is 0 Å². The molecule has 0 heterocycles. The van der Waals surface area contributed by atoms with Crippen molar-refractivity contribution in [1.29, 1.82) is 0 Å². The minimum Gasteiger partial charge on any atom is -0.419 e. The summed E-state index contributed by atoms with van der Waals surface area (Å²) in [5.74, 6) is -1.26. The molecule has 22 heavy (non-hydrogen) atoms. The number of carbonyl (C=O) groups is 2. The van der Waals surface area contributed by atoms with E-state index in [1.807, 2.05) is 27.7 Å². The van der Waals surface area contributed by atoms with Crippen LogP contribution in [0.5, 0.6) is 5.75 Å². The summed E-state index contributed by atoms with van der Waals surface area (Å²) in [6.07, 6.45) is 0. The Balaban J connectivity index is 0. The highest BCUT2D eigenvalue weighted by Gasteiger charge is 2.19. The molecule has 0 atom stereocenters. The third kappa shape index (κ3) is 7.37. The smallest absolute Gasteiger partial charge is 0.312 e. The zero-order valence-electron chi connectivity index (χ0n) is 13.9. The number of carbonyl (C=O) groups excluding carboxylic acids is 2. The van der Waals surface area contributed by atoms with Gasteiger partial charge in [-0.25, -0.2) is 0 Å². The van der Waals surface area contributed by atoms with Crippen molar-refractivity contribution < 1.29 is 19.2 Å². The van der Waals surface area contributed by atoms with E-state index in [0.717, 1.165) is 13.0 Å². The summed E-state index contributed by atoms with van der Waals surface area (Å²) < 4.78 is 4.69. The van der Waals surface area contributed by atoms with E-state index in [1.165, 1.54) is 12.1 Å². The first-order chi connectivity index (χ1) is 10.5. The summed E-state index contributed by atoms with van der Waals surface area (Å²) in [5, 5.41) is 13.3. The van der Waals surface area contributed by atoms with E-state index in [1.54, 1.807) is 6.92 Å². The molecule has 1 rings (SSSR count). The summed E-state index contributed by atoms with van der Waals surface area (Å²) in [6.45, 7) is 11.3. The third-order valence-corrected chi connectivity index (χ3v) is 2.01. The molecule has 0 aliphatic carbocycles. The van der Waals surface area contributed by atoms with Gasteiger partial charge in [0.25, 0.3) is 5.91 Å². The number of nitrogens with zero attached hydrogens (tertiary/aromatic N) is 1. The number of hydrogen-bond acceptors (Lipinski definition) is 5. The molecule has 1 N–H and O–H groups in total. The molecule has 0 spiro atoms. The second-order valence-electron chi connectivity index (χ2n) is 3.39. The Morgan fingerprint density at radius 2 is 1.77 bits per heavy atom. The molecule has 0 radical (unpaired) electrons. The number of benzene rings is 1. The highest BCUT2D eigenvalue weighted by Crippen LogP contribution is 2.28. The van der Waals surface area contributed by atoms with Crippen molar-refractivity contribution in [1.82, 2.24) is 5.32 Å². The van der Waals surface area contributed by atoms with E-state index in [2.05, 4.69) is 10.1 Å². The summed E-state index contributed by atoms with van der Waals surface area (Å²) >= 11 is 0. The van der Waals surface area contributed by atoms with Crippen molar-refractivity contribution in [3.63, 3.8) is 0 Å². The molecular weight excluding hydrogens is 288 g/mol. The number of amides is 1. The molecule has 0 unspecified atom stereocenters. The van der Waals surface area contributed by atoms with E-state index in [0.29, 0.717) is 6.54 Å². The summed E-state index contributed by atoms with van der Waals surface area (Å²) in [7, 11) is 0. The second-order valence-corrected chi connectivity index (χ2v) is 3.39. The SMILES string of the molecule is CC.CC.CCNC(=O)c1ccc(OC(C)=O)c([N+](=O)[O-])c1. The van der Waals surface area contributed by atoms with E-state index in [4.69, 9.17) is 0 Å². The molecule has 7 heteroatoms. The lowest BCUT2D eigenvalue weighted by atomic mass is 10.1. The van der Waals surface area contributed by atoms with Gasteiger partial charge >= 0.3 is 11.7 Å². The van der Waals surface area contributed by atoms with Crippen LogP contribution in [0, 0.1) is 10.1 Å². The molecule has 1 aromatic rings. The van der Waals surface area contributed by atoms with Gasteiger partial charge < -0.3 is 10.1 Å². The van der Waals surface area contributed by atoms with Crippen LogP contribution in [-0.4, -0.2) is 23.3 Å². The molecule has 0 saturated heterocycles. The van der Waals surface area contributed by atoms with Crippen LogP contribution >= 0.6 is 0 Å². The molecule has 0 aliphatic heterocycles. The Morgan fingerprint density at radius 1 is 1.23 bits per heavy atom. The van der Waals surface area contributed by atoms with Crippen LogP contribution < -0.4 is 10.1 Å². The van der Waals surface area contributed by atoms with Crippen molar-refractivity contribution in [2.75, 3.05) is 6.54 Å². The van der Waals surface area contributed by atoms with Crippen LogP contribution in [0.15, 0.2) is 18.2 Å². The summed E-state index contributed by atoms with van der Waals surface area (Å²) in [5.41, 5.74) is -0.284. The minimum absolute atomic E-state index is 0.138. The van der Waals surface area contributed by atoms with E-state index in [9.17, 15) is 19.7 Å². The predicted octanol–water partition coefficient (Wildman–Crippen LogP) is 3.32. The van der Waals surface area contributed by atoms with Gasteiger partial charge in [-0.1, -0.05) is 27.7 Å². The van der Waals surface area contributed by atoms with Crippen molar-refractivity contribution in [2.24, 2.45) is 0 Å². The largest absolute Gasteiger partial charge is 0.419 e. The molecule has 0 aromatic heterocycles. The Labute approximate surface area is 130 Å². The fraction of sp³-hybridized carbons (Fsp3) is 0.467. The Morgan fingerprint density at radius 3 is 2.18 bits per heavy atom. The number of nitrogens with one attached hydrogen (secondary N) is 1. The zero-order chi connectivity index (χ0) is 17.7. The topological polar surface area (TPSA) is 98.5 Å². The van der Waals surface area contributed by atoms with E-state index < -0.39 is 22.5 Å². The van der Waals surface area contributed by atoms with Crippen LogP contribution in [0.1, 0.15) is 51.9 Å². The summed E-state index contributed by atoms with van der Waals surface area (Å²) in [6, 6.07) is 3.66. The monoisotopic (exact) mass is 312 g/mol. The van der Waals surface area contributed by atoms with Gasteiger partial charge in [0.2, 0.25) is 5.75 Å². The molecule has 124 valence electrons. The maximum absolute atomic E-state index is 11.5. The maximum Gasteiger partial charge on any atom is 0.312 e. The average Bonchev–Trinajstić information content (AvgIpc) is 2.51. The van der Waals surface area contributed by atoms with Gasteiger partial charge in [0.1, 0.15) is 0 Å². The van der Waals surface area contributed by atoms with E-state index >= 15 is 0 Å². The first kappa shape index (κ1) is 21.9. The zero-order valence-corrected chi connectivity index (χ0v) is 13.9. The molecule has 0 aliphatic rings. The lowest BCUT2D eigenvalue weighted by molar-refractivity contribution is -0.385. The fourth-order valence-corrected chi connectivity index (χ4v) is 1.31. The average molecular weight is 312 g/mol. The Bertz CT molecular complexity index is 501. The molecule has 0 saturated carbocycles. The Hall–Kier alpha value is -2.44. The normalized spacial score (nSPS) is 8.45. The van der Waals surface area contributed by atoms with Crippen LogP contribution in [0.3, 0.4) is 0 Å². The molecule has 0 bridgehead atoms. The lowest BCUT2D eigenvalue weighted by Crippen LogP contribution is -2.22. The quantitative estimate of drug-likeness (QED) is 0.398. The molecule has 1 aromatic carbocycles. The van der Waals surface area contributed by atoms with Crippen LogP contribution in [-0.2, 0) is 4.79 Å². The Kier molecular flexibility index (Phi) is 12.2. The van der Waals surface area contributed by atoms with Crippen molar-refractivity contribution in [3.05, 3.63) is 33.9 Å². The molecule has 1 amide bonds. The number of rotatable bonds is 4. The van der Waals surface area contributed by atoms with Crippen LogP contribution in [0.4, 0.5) is 5.69 Å². The lowest BCUT2D eigenvalue weighted by Gasteiger charge is -2.05. The third-order valence-electron chi connectivity index (χ3n) is 2.01. The van der Waals surface area contributed by atoms with Crippen molar-refractivity contribution in [2.45, 2.75) is 41.5 Å². The maximum atomic E-state index is 11.5. The second kappa shape index (κ2) is 12.3. The van der Waals surface area contributed by atoms with Crippen molar-refractivity contribution >= 4 is 17.6 Å². The highest BCUT2D eigenvalue weighted by molar-refractivity contribution is 5.95. The number of nitro benzene ring substituents is 1. The van der Waals surface area contributed by atoms with Gasteiger partial charge in [-0.05, 0) is 19.1 Å². The predicted molar refractivity (Wildman–Crippen MR) is 85.1 cm³/mol. The van der Waals surface area contributed by atoms with Gasteiger partial charge in [0.05, 0.1) is 4.92 Å². The number of nitro groups is 1. The van der Waals surface area contributed by atoms with E-state index in [-0.39, 0.29) is 11.3 Å². The van der Waals surface area contributed by atoms with Gasteiger partial charge in [-0.15, -0.1) is 0 Å². The molecule has 7 nitrogen and oxygen atoms in total. The van der Waals surface area contributed by atoms with Gasteiger partial charge in [-0.3, -0.25) is 19.7 Å².